The first-order valence-corrected chi connectivity index (χ1v) is 3.88. The molecule has 0 heterocycles. The molecular weight excluding hydrogens is 176 g/mol. The molecule has 0 amide bonds. The Kier molecular flexibility index (Phi) is 4.23. The first-order chi connectivity index (χ1) is 5.94. The van der Waals surface area contributed by atoms with Gasteiger partial charge in [0, 0.05) is 0 Å². The lowest BCUT2D eigenvalue weighted by molar-refractivity contribution is -0.161. The van der Waals surface area contributed by atoms with Crippen molar-refractivity contribution in [1.82, 2.24) is 0 Å². The van der Waals surface area contributed by atoms with E-state index in [1.807, 2.05) is 0 Å². The summed E-state index contributed by atoms with van der Waals surface area (Å²) in [5.74, 6) is -0.624. The largest absolute Gasteiger partial charge is 0.509 e. The Bertz CT molecular complexity index is 197. The number of ether oxygens (including phenoxy) is 3. The van der Waals surface area contributed by atoms with E-state index >= 15 is 0 Å². The van der Waals surface area contributed by atoms with Crippen molar-refractivity contribution in [2.45, 2.75) is 26.4 Å². The van der Waals surface area contributed by atoms with E-state index in [2.05, 4.69) is 9.47 Å². The first-order valence-electron chi connectivity index (χ1n) is 3.88. The normalized spacial score (nSPS) is 10.5. The molecule has 0 aliphatic heterocycles. The fourth-order valence-corrected chi connectivity index (χ4v) is 0.643. The van der Waals surface area contributed by atoms with E-state index in [0.29, 0.717) is 0 Å². The van der Waals surface area contributed by atoms with Crippen LogP contribution >= 0.6 is 0 Å². The summed E-state index contributed by atoms with van der Waals surface area (Å²) in [6.45, 7) is 4.70. The van der Waals surface area contributed by atoms with Crippen LogP contribution in [0.5, 0.6) is 0 Å². The van der Waals surface area contributed by atoms with Gasteiger partial charge >= 0.3 is 12.1 Å². The lowest BCUT2D eigenvalue weighted by atomic mass is 10.1. The fraction of sp³-hybridized carbons (Fsp3) is 0.750. The number of hydrogen-bond acceptors (Lipinski definition) is 5. The van der Waals surface area contributed by atoms with Gasteiger partial charge in [-0.2, -0.15) is 0 Å². The van der Waals surface area contributed by atoms with E-state index in [9.17, 15) is 9.59 Å². The van der Waals surface area contributed by atoms with Gasteiger partial charge in [-0.15, -0.1) is 0 Å². The van der Waals surface area contributed by atoms with Crippen LogP contribution in [0.15, 0.2) is 0 Å². The highest BCUT2D eigenvalue weighted by Crippen LogP contribution is 2.12. The topological polar surface area (TPSA) is 61.8 Å². The van der Waals surface area contributed by atoms with Crippen molar-refractivity contribution in [2.75, 3.05) is 13.7 Å². The van der Waals surface area contributed by atoms with Gasteiger partial charge in [0.15, 0.2) is 0 Å². The second-order valence-electron chi connectivity index (χ2n) is 2.79. The minimum atomic E-state index is -1.30. The summed E-state index contributed by atoms with van der Waals surface area (Å²) >= 11 is 0. The second-order valence-corrected chi connectivity index (χ2v) is 2.79. The quantitative estimate of drug-likeness (QED) is 0.624. The summed E-state index contributed by atoms with van der Waals surface area (Å²) in [6.07, 6.45) is -0.877. The number of esters is 1. The highest BCUT2D eigenvalue weighted by Gasteiger charge is 2.33. The zero-order valence-corrected chi connectivity index (χ0v) is 8.25. The van der Waals surface area contributed by atoms with Crippen molar-refractivity contribution in [3.05, 3.63) is 0 Å². The van der Waals surface area contributed by atoms with Crippen molar-refractivity contribution in [3.8, 4) is 0 Å². The molecule has 0 radical (unpaired) electrons. The summed E-state index contributed by atoms with van der Waals surface area (Å²) in [4.78, 5) is 21.8. The van der Waals surface area contributed by atoms with E-state index < -0.39 is 17.7 Å². The Morgan fingerprint density at radius 1 is 1.31 bits per heavy atom. The molecule has 0 N–H and O–H groups in total. The van der Waals surface area contributed by atoms with E-state index in [1.165, 1.54) is 21.0 Å². The summed E-state index contributed by atoms with van der Waals surface area (Å²) in [5.41, 5.74) is -1.30. The molecule has 0 unspecified atom stereocenters. The van der Waals surface area contributed by atoms with Crippen LogP contribution in [0.25, 0.3) is 0 Å². The summed E-state index contributed by atoms with van der Waals surface area (Å²) in [5, 5.41) is 0. The van der Waals surface area contributed by atoms with Crippen LogP contribution in [0.4, 0.5) is 4.79 Å². The van der Waals surface area contributed by atoms with Gasteiger partial charge in [-0.3, -0.25) is 0 Å². The molecular formula is C8H14O5. The molecule has 0 saturated heterocycles. The van der Waals surface area contributed by atoms with Crippen LogP contribution < -0.4 is 0 Å². The van der Waals surface area contributed by atoms with Gasteiger partial charge in [-0.1, -0.05) is 0 Å². The predicted octanol–water partition coefficient (Wildman–Crippen LogP) is 1.11. The lowest BCUT2D eigenvalue weighted by Crippen LogP contribution is -2.38. The Balaban J connectivity index is 4.16. The fourth-order valence-electron chi connectivity index (χ4n) is 0.643. The van der Waals surface area contributed by atoms with Crippen molar-refractivity contribution in [2.24, 2.45) is 0 Å². The molecule has 0 rings (SSSR count). The molecule has 0 aliphatic carbocycles. The van der Waals surface area contributed by atoms with Gasteiger partial charge in [-0.05, 0) is 20.8 Å². The zero-order valence-electron chi connectivity index (χ0n) is 8.25. The molecule has 76 valence electrons. The smallest absolute Gasteiger partial charge is 0.466 e. The molecule has 0 aromatic heterocycles. The highest BCUT2D eigenvalue weighted by atomic mass is 16.7. The minimum absolute atomic E-state index is 0.204. The van der Waals surface area contributed by atoms with E-state index in [1.54, 1.807) is 6.92 Å². The Morgan fingerprint density at radius 3 is 2.23 bits per heavy atom. The molecule has 0 aromatic rings. The molecule has 0 aliphatic rings. The molecule has 5 nitrogen and oxygen atoms in total. The van der Waals surface area contributed by atoms with Crippen molar-refractivity contribution >= 4 is 12.1 Å². The molecule has 0 spiro atoms. The van der Waals surface area contributed by atoms with Crippen molar-refractivity contribution in [1.29, 1.82) is 0 Å². The zero-order chi connectivity index (χ0) is 10.5. The van der Waals surface area contributed by atoms with Crippen LogP contribution in [0.1, 0.15) is 20.8 Å². The Hall–Kier alpha value is -1.26. The summed E-state index contributed by atoms with van der Waals surface area (Å²) in [6, 6.07) is 0. The van der Waals surface area contributed by atoms with Gasteiger partial charge in [0.25, 0.3) is 0 Å². The first kappa shape index (κ1) is 11.7. The van der Waals surface area contributed by atoms with Crippen molar-refractivity contribution in [3.63, 3.8) is 0 Å². The third-order valence-corrected chi connectivity index (χ3v) is 1.28. The highest BCUT2D eigenvalue weighted by molar-refractivity contribution is 5.80. The van der Waals surface area contributed by atoms with Crippen LogP contribution in [-0.2, 0) is 19.0 Å². The SMILES string of the molecule is CCOC(=O)OC(C)(C)C(=O)OC. The summed E-state index contributed by atoms with van der Waals surface area (Å²) < 4.78 is 13.6. The molecule has 0 bridgehead atoms. The Morgan fingerprint density at radius 2 is 1.85 bits per heavy atom. The number of methoxy groups -OCH3 is 1. The predicted molar refractivity (Wildman–Crippen MR) is 44.2 cm³/mol. The molecule has 0 saturated carbocycles. The van der Waals surface area contributed by atoms with Gasteiger partial charge < -0.3 is 14.2 Å². The third kappa shape index (κ3) is 3.78. The lowest BCUT2D eigenvalue weighted by Gasteiger charge is -2.20. The van der Waals surface area contributed by atoms with E-state index in [0.717, 1.165) is 0 Å². The van der Waals surface area contributed by atoms with Crippen LogP contribution in [0.2, 0.25) is 0 Å². The average molecular weight is 190 g/mol. The molecule has 5 heteroatoms. The van der Waals surface area contributed by atoms with Gasteiger partial charge in [0.1, 0.15) is 0 Å². The molecule has 13 heavy (non-hydrogen) atoms. The van der Waals surface area contributed by atoms with E-state index in [4.69, 9.17) is 4.74 Å². The number of carbonyl (C=O) groups excluding carboxylic acids is 2. The van der Waals surface area contributed by atoms with Crippen molar-refractivity contribution < 1.29 is 23.8 Å². The monoisotopic (exact) mass is 190 g/mol. The van der Waals surface area contributed by atoms with Crippen LogP contribution in [0, 0.1) is 0 Å². The average Bonchev–Trinajstić information content (AvgIpc) is 2.02. The maximum atomic E-state index is 11.0. The molecule has 0 aromatic carbocycles. The van der Waals surface area contributed by atoms with Gasteiger partial charge in [0.2, 0.25) is 5.60 Å². The van der Waals surface area contributed by atoms with Crippen LogP contribution in [-0.4, -0.2) is 31.4 Å². The molecule has 0 atom stereocenters. The third-order valence-electron chi connectivity index (χ3n) is 1.28. The number of rotatable bonds is 3. The minimum Gasteiger partial charge on any atom is -0.466 e. The maximum absolute atomic E-state index is 11.0. The van der Waals surface area contributed by atoms with Gasteiger partial charge in [0.05, 0.1) is 13.7 Å². The molecule has 0 fully saturated rings. The van der Waals surface area contributed by atoms with Crippen LogP contribution in [0.3, 0.4) is 0 Å². The number of hydrogen-bond donors (Lipinski definition) is 0. The summed E-state index contributed by atoms with van der Waals surface area (Å²) in [7, 11) is 1.22. The number of carbonyl (C=O) groups is 2. The maximum Gasteiger partial charge on any atom is 0.509 e. The van der Waals surface area contributed by atoms with E-state index in [-0.39, 0.29) is 6.61 Å². The second kappa shape index (κ2) is 4.69. The Labute approximate surface area is 77.0 Å². The standard InChI is InChI=1S/C8H14O5/c1-5-12-7(10)13-8(2,3)6(9)11-4/h5H2,1-4H3. The van der Waals surface area contributed by atoms with Gasteiger partial charge in [-0.25, -0.2) is 9.59 Å².